The highest BCUT2D eigenvalue weighted by atomic mass is 19.3. The molecule has 0 radical (unpaired) electrons. The van der Waals surface area contributed by atoms with E-state index in [0.717, 1.165) is 13.1 Å². The maximum atomic E-state index is 13.2. The van der Waals surface area contributed by atoms with E-state index in [9.17, 15) is 27.5 Å². The number of hydrogen-bond acceptors (Lipinski definition) is 7. The van der Waals surface area contributed by atoms with E-state index in [4.69, 9.17) is 9.47 Å². The summed E-state index contributed by atoms with van der Waals surface area (Å²) >= 11 is 0. The second-order valence-electron chi connectivity index (χ2n) is 9.05. The molecule has 12 heteroatoms. The molecule has 1 aromatic rings. The number of alkyl halides is 4. The van der Waals surface area contributed by atoms with Gasteiger partial charge in [-0.3, -0.25) is 14.6 Å². The molecule has 0 saturated carbocycles. The summed E-state index contributed by atoms with van der Waals surface area (Å²) < 4.78 is 66.3. The van der Waals surface area contributed by atoms with Crippen LogP contribution in [0.15, 0.2) is 30.3 Å². The van der Waals surface area contributed by atoms with E-state index in [0.29, 0.717) is 58.1 Å². The third kappa shape index (κ3) is 9.24. The van der Waals surface area contributed by atoms with Gasteiger partial charge in [0.15, 0.2) is 0 Å². The average Bonchev–Trinajstić information content (AvgIpc) is 2.87. The van der Waals surface area contributed by atoms with E-state index in [1.54, 1.807) is 17.0 Å². The molecular formula is C24H35F4N3O5. The summed E-state index contributed by atoms with van der Waals surface area (Å²) in [5.41, 5.74) is 0.584. The van der Waals surface area contributed by atoms with Gasteiger partial charge in [-0.2, -0.15) is 8.78 Å². The molecule has 0 aromatic heterocycles. The van der Waals surface area contributed by atoms with E-state index in [1.165, 1.54) is 0 Å². The predicted octanol–water partition coefficient (Wildman–Crippen LogP) is 1.44. The van der Waals surface area contributed by atoms with Gasteiger partial charge in [-0.05, 0) is 12.1 Å². The number of carbonyl (C=O) groups excluding carboxylic acids is 1. The molecule has 204 valence electrons. The standard InChI is InChI=1S/C24H35F4N3O5/c25-23(26)24(27,28)18-35-17-20(32)14-30-10-13-36-21(15-30)16-31(7-6-29-8-11-34-12-9-29)22(33)19-4-2-1-3-5-19/h1-5,20-21,23,32H,6-18H2. The number of nitrogens with zero attached hydrogens (tertiary/aromatic N) is 3. The maximum Gasteiger partial charge on any atom is 0.330 e. The van der Waals surface area contributed by atoms with Crippen molar-refractivity contribution in [2.24, 2.45) is 0 Å². The number of hydrogen-bond donors (Lipinski definition) is 1. The third-order valence-corrected chi connectivity index (χ3v) is 6.14. The zero-order valence-corrected chi connectivity index (χ0v) is 20.2. The summed E-state index contributed by atoms with van der Waals surface area (Å²) in [5.74, 6) is -4.35. The normalized spacial score (nSPS) is 21.0. The molecule has 2 atom stereocenters. The molecule has 1 N–H and O–H groups in total. The van der Waals surface area contributed by atoms with Gasteiger partial charge < -0.3 is 24.2 Å². The summed E-state index contributed by atoms with van der Waals surface area (Å²) in [6.45, 7) is 3.99. The van der Waals surface area contributed by atoms with Crippen molar-refractivity contribution in [3.8, 4) is 0 Å². The van der Waals surface area contributed by atoms with Crippen LogP contribution in [-0.2, 0) is 14.2 Å². The largest absolute Gasteiger partial charge is 0.389 e. The van der Waals surface area contributed by atoms with Gasteiger partial charge in [0.1, 0.15) is 6.61 Å². The number of β-amino-alcohol motifs (C(OH)–C–C–N with tert-alkyl or cyclic N) is 1. The first-order valence-corrected chi connectivity index (χ1v) is 12.1. The molecule has 2 aliphatic rings. The molecule has 0 bridgehead atoms. The summed E-state index contributed by atoms with van der Waals surface area (Å²) in [4.78, 5) is 19.1. The molecule has 2 unspecified atom stereocenters. The Morgan fingerprint density at radius 1 is 1.14 bits per heavy atom. The topological polar surface area (TPSA) is 74.7 Å². The van der Waals surface area contributed by atoms with Crippen molar-refractivity contribution in [3.63, 3.8) is 0 Å². The molecular weight excluding hydrogens is 486 g/mol. The molecule has 2 saturated heterocycles. The van der Waals surface area contributed by atoms with Gasteiger partial charge >= 0.3 is 12.3 Å². The van der Waals surface area contributed by atoms with Crippen LogP contribution in [0.3, 0.4) is 0 Å². The minimum absolute atomic E-state index is 0.0991. The van der Waals surface area contributed by atoms with Crippen molar-refractivity contribution in [3.05, 3.63) is 35.9 Å². The fourth-order valence-corrected chi connectivity index (χ4v) is 4.17. The summed E-state index contributed by atoms with van der Waals surface area (Å²) in [6.07, 6.45) is -5.26. The van der Waals surface area contributed by atoms with Crippen LogP contribution in [0.5, 0.6) is 0 Å². The summed E-state index contributed by atoms with van der Waals surface area (Å²) in [6, 6.07) is 9.01. The SMILES string of the molecule is O=C(c1ccccc1)N(CCN1CCOCC1)CC1CN(CC(O)COCC(F)(F)C(F)F)CCO1. The van der Waals surface area contributed by atoms with Crippen molar-refractivity contribution < 1.29 is 41.7 Å². The van der Waals surface area contributed by atoms with Gasteiger partial charge in [0.25, 0.3) is 5.91 Å². The van der Waals surface area contributed by atoms with Crippen molar-refractivity contribution in [2.45, 2.75) is 24.6 Å². The first-order chi connectivity index (χ1) is 17.2. The molecule has 36 heavy (non-hydrogen) atoms. The quantitative estimate of drug-likeness (QED) is 0.394. The third-order valence-electron chi connectivity index (χ3n) is 6.14. The summed E-state index contributed by atoms with van der Waals surface area (Å²) in [7, 11) is 0. The zero-order chi connectivity index (χ0) is 26.0. The number of halogens is 4. The van der Waals surface area contributed by atoms with Gasteiger partial charge in [0.05, 0.1) is 38.6 Å². The van der Waals surface area contributed by atoms with Crippen LogP contribution >= 0.6 is 0 Å². The zero-order valence-electron chi connectivity index (χ0n) is 20.2. The number of carbonyl (C=O) groups is 1. The van der Waals surface area contributed by atoms with Crippen LogP contribution in [0.1, 0.15) is 10.4 Å². The van der Waals surface area contributed by atoms with Crippen molar-refractivity contribution in [2.75, 3.05) is 85.4 Å². The number of rotatable bonds is 13. The van der Waals surface area contributed by atoms with Crippen molar-refractivity contribution in [1.82, 2.24) is 14.7 Å². The molecule has 2 heterocycles. The second-order valence-corrected chi connectivity index (χ2v) is 9.05. The first-order valence-electron chi connectivity index (χ1n) is 12.1. The molecule has 3 rings (SSSR count). The van der Waals surface area contributed by atoms with Gasteiger partial charge in [-0.15, -0.1) is 0 Å². The fourth-order valence-electron chi connectivity index (χ4n) is 4.17. The Balaban J connectivity index is 1.51. The first kappa shape index (κ1) is 28.7. The molecule has 2 fully saturated rings. The highest BCUT2D eigenvalue weighted by molar-refractivity contribution is 5.94. The Morgan fingerprint density at radius 3 is 2.53 bits per heavy atom. The Kier molecular flexibility index (Phi) is 11.3. The van der Waals surface area contributed by atoms with Gasteiger partial charge in [-0.25, -0.2) is 8.78 Å². The van der Waals surface area contributed by atoms with Crippen molar-refractivity contribution >= 4 is 5.91 Å². The van der Waals surface area contributed by atoms with Crippen LogP contribution in [0, 0.1) is 0 Å². The molecule has 1 aromatic carbocycles. The Labute approximate surface area is 208 Å². The van der Waals surface area contributed by atoms with Crippen LogP contribution in [0.4, 0.5) is 17.6 Å². The number of ether oxygens (including phenoxy) is 3. The Morgan fingerprint density at radius 2 is 1.83 bits per heavy atom. The predicted molar refractivity (Wildman–Crippen MR) is 124 cm³/mol. The number of aliphatic hydroxyl groups is 1. The lowest BCUT2D eigenvalue weighted by Crippen LogP contribution is -2.52. The van der Waals surface area contributed by atoms with E-state index in [2.05, 4.69) is 9.64 Å². The smallest absolute Gasteiger partial charge is 0.330 e. The number of aliphatic hydroxyl groups excluding tert-OH is 1. The monoisotopic (exact) mass is 521 g/mol. The van der Waals surface area contributed by atoms with Crippen LogP contribution in [0.25, 0.3) is 0 Å². The fraction of sp³-hybridized carbons (Fsp3) is 0.708. The number of amides is 1. The minimum Gasteiger partial charge on any atom is -0.389 e. The van der Waals surface area contributed by atoms with Gasteiger partial charge in [0, 0.05) is 57.9 Å². The lowest BCUT2D eigenvalue weighted by Gasteiger charge is -2.37. The molecule has 0 aliphatic carbocycles. The lowest BCUT2D eigenvalue weighted by molar-refractivity contribution is -0.171. The van der Waals surface area contributed by atoms with Crippen molar-refractivity contribution in [1.29, 1.82) is 0 Å². The molecule has 1 amide bonds. The van der Waals surface area contributed by atoms with E-state index in [1.807, 2.05) is 23.1 Å². The Hall–Kier alpha value is -1.83. The van der Waals surface area contributed by atoms with Gasteiger partial charge in [-0.1, -0.05) is 18.2 Å². The van der Waals surface area contributed by atoms with Gasteiger partial charge in [0.2, 0.25) is 0 Å². The lowest BCUT2D eigenvalue weighted by atomic mass is 10.1. The van der Waals surface area contributed by atoms with Crippen LogP contribution < -0.4 is 0 Å². The number of benzene rings is 1. The highest BCUT2D eigenvalue weighted by Gasteiger charge is 2.41. The van der Waals surface area contributed by atoms with E-state index in [-0.39, 0.29) is 18.6 Å². The maximum absolute atomic E-state index is 13.2. The van der Waals surface area contributed by atoms with E-state index >= 15 is 0 Å². The second kappa shape index (κ2) is 14.2. The molecule has 2 aliphatic heterocycles. The average molecular weight is 522 g/mol. The van der Waals surface area contributed by atoms with Crippen LogP contribution in [0.2, 0.25) is 0 Å². The van der Waals surface area contributed by atoms with Crippen LogP contribution in [-0.4, -0.2) is 136 Å². The van der Waals surface area contributed by atoms with E-state index < -0.39 is 31.7 Å². The number of morpholine rings is 2. The molecule has 0 spiro atoms. The summed E-state index contributed by atoms with van der Waals surface area (Å²) in [5, 5.41) is 10.2. The molecule has 8 nitrogen and oxygen atoms in total. The highest BCUT2D eigenvalue weighted by Crippen LogP contribution is 2.23. The Bertz CT molecular complexity index is 786. The minimum atomic E-state index is -4.25.